The molecule has 0 spiro atoms. The molecule has 0 aliphatic rings. The smallest absolute Gasteiger partial charge is 0.139 e. The number of ether oxygens (including phenoxy) is 1. The molecule has 0 saturated heterocycles. The highest BCUT2D eigenvalue weighted by atomic mass is 35.5. The van der Waals surface area contributed by atoms with E-state index in [1.165, 1.54) is 0 Å². The van der Waals surface area contributed by atoms with Crippen molar-refractivity contribution in [1.82, 2.24) is 0 Å². The predicted octanol–water partition coefficient (Wildman–Crippen LogP) is 5.88. The van der Waals surface area contributed by atoms with Crippen LogP contribution in [-0.2, 0) is 6.61 Å². The van der Waals surface area contributed by atoms with E-state index in [4.69, 9.17) is 51.1 Å². The van der Waals surface area contributed by atoms with E-state index < -0.39 is 0 Å². The van der Waals surface area contributed by atoms with Crippen LogP contribution in [-0.4, -0.2) is 0 Å². The predicted molar refractivity (Wildman–Crippen MR) is 77.3 cm³/mol. The molecule has 0 aromatic heterocycles. The molecule has 0 aliphatic heterocycles. The minimum absolute atomic E-state index is 0.235. The molecule has 0 saturated carbocycles. The second kappa shape index (κ2) is 6.03. The minimum Gasteiger partial charge on any atom is -0.487 e. The third-order valence-electron chi connectivity index (χ3n) is 2.33. The van der Waals surface area contributed by atoms with Crippen LogP contribution < -0.4 is 4.74 Å². The lowest BCUT2D eigenvalue weighted by Crippen LogP contribution is -1.97. The minimum atomic E-state index is 0.235. The van der Waals surface area contributed by atoms with Crippen LogP contribution in [0.2, 0.25) is 20.1 Å². The molecule has 0 radical (unpaired) electrons. The molecule has 2 rings (SSSR count). The van der Waals surface area contributed by atoms with Crippen molar-refractivity contribution in [1.29, 1.82) is 0 Å². The molecule has 0 aliphatic carbocycles. The molecule has 94 valence electrons. The van der Waals surface area contributed by atoms with Gasteiger partial charge in [-0.3, -0.25) is 0 Å². The van der Waals surface area contributed by atoms with Gasteiger partial charge in [-0.05, 0) is 24.3 Å². The summed E-state index contributed by atoms with van der Waals surface area (Å²) < 4.78 is 5.58. The average molecular weight is 322 g/mol. The molecule has 0 amide bonds. The third kappa shape index (κ3) is 3.24. The fraction of sp³-hybridized carbons (Fsp3) is 0.0769. The Labute approximate surface area is 125 Å². The van der Waals surface area contributed by atoms with Crippen LogP contribution >= 0.6 is 46.4 Å². The monoisotopic (exact) mass is 320 g/mol. The number of benzene rings is 2. The van der Waals surface area contributed by atoms with Crippen molar-refractivity contribution >= 4 is 46.4 Å². The Kier molecular flexibility index (Phi) is 4.63. The summed E-state index contributed by atoms with van der Waals surface area (Å²) in [4.78, 5) is 0. The average Bonchev–Trinajstić information content (AvgIpc) is 2.33. The summed E-state index contributed by atoms with van der Waals surface area (Å²) in [6.45, 7) is 0.235. The van der Waals surface area contributed by atoms with Gasteiger partial charge >= 0.3 is 0 Å². The molecule has 18 heavy (non-hydrogen) atoms. The Hall–Kier alpha value is -0.600. The van der Waals surface area contributed by atoms with Crippen molar-refractivity contribution in [2.75, 3.05) is 0 Å². The van der Waals surface area contributed by atoms with Gasteiger partial charge in [-0.25, -0.2) is 0 Å². The topological polar surface area (TPSA) is 9.23 Å². The van der Waals surface area contributed by atoms with Gasteiger partial charge in [0.15, 0.2) is 0 Å². The van der Waals surface area contributed by atoms with Gasteiger partial charge < -0.3 is 4.74 Å². The first kappa shape index (κ1) is 13.8. The molecular weight excluding hydrogens is 314 g/mol. The summed E-state index contributed by atoms with van der Waals surface area (Å²) in [6.07, 6.45) is 0. The van der Waals surface area contributed by atoms with Gasteiger partial charge in [-0.1, -0.05) is 52.5 Å². The summed E-state index contributed by atoms with van der Waals surface area (Å²) in [6, 6.07) is 10.3. The van der Waals surface area contributed by atoms with Crippen LogP contribution in [0.1, 0.15) is 5.56 Å². The van der Waals surface area contributed by atoms with E-state index in [1.54, 1.807) is 36.4 Å². The SMILES string of the molecule is Clc1ccc(Cl)c(OCc2c(Cl)cccc2Cl)c1. The highest BCUT2D eigenvalue weighted by Crippen LogP contribution is 2.30. The normalized spacial score (nSPS) is 10.4. The molecule has 2 aromatic carbocycles. The first-order valence-corrected chi connectivity index (χ1v) is 6.60. The lowest BCUT2D eigenvalue weighted by molar-refractivity contribution is 0.306. The quantitative estimate of drug-likeness (QED) is 0.686. The highest BCUT2D eigenvalue weighted by Gasteiger charge is 2.08. The van der Waals surface area contributed by atoms with E-state index >= 15 is 0 Å². The first-order valence-electron chi connectivity index (χ1n) is 5.08. The zero-order chi connectivity index (χ0) is 13.1. The van der Waals surface area contributed by atoms with Crippen molar-refractivity contribution in [3.8, 4) is 5.75 Å². The Morgan fingerprint density at radius 3 is 2.17 bits per heavy atom. The van der Waals surface area contributed by atoms with Crippen molar-refractivity contribution in [2.45, 2.75) is 6.61 Å². The molecule has 0 N–H and O–H groups in total. The molecule has 0 fully saturated rings. The van der Waals surface area contributed by atoms with Gasteiger partial charge in [0.05, 0.1) is 5.02 Å². The molecule has 5 heteroatoms. The van der Waals surface area contributed by atoms with E-state index in [-0.39, 0.29) is 6.61 Å². The molecule has 0 unspecified atom stereocenters. The molecule has 0 heterocycles. The number of rotatable bonds is 3. The zero-order valence-electron chi connectivity index (χ0n) is 9.09. The molecule has 2 aromatic rings. The summed E-state index contributed by atoms with van der Waals surface area (Å²) in [7, 11) is 0. The van der Waals surface area contributed by atoms with E-state index in [0.717, 1.165) is 5.56 Å². The highest BCUT2D eigenvalue weighted by molar-refractivity contribution is 6.36. The van der Waals surface area contributed by atoms with E-state index in [1.807, 2.05) is 0 Å². The Bertz CT molecular complexity index is 549. The largest absolute Gasteiger partial charge is 0.487 e. The van der Waals surface area contributed by atoms with Crippen LogP contribution in [0.5, 0.6) is 5.75 Å². The lowest BCUT2D eigenvalue weighted by Gasteiger charge is -2.10. The van der Waals surface area contributed by atoms with Crippen LogP contribution in [0.4, 0.5) is 0 Å². The Morgan fingerprint density at radius 1 is 0.833 bits per heavy atom. The van der Waals surface area contributed by atoms with Gasteiger partial charge in [0, 0.05) is 26.7 Å². The molecule has 0 bridgehead atoms. The second-order valence-electron chi connectivity index (χ2n) is 3.56. The van der Waals surface area contributed by atoms with Gasteiger partial charge in [0.1, 0.15) is 12.4 Å². The molecule has 0 atom stereocenters. The summed E-state index contributed by atoms with van der Waals surface area (Å²) in [5, 5.41) is 2.16. The third-order valence-corrected chi connectivity index (χ3v) is 3.58. The Morgan fingerprint density at radius 2 is 1.50 bits per heavy atom. The second-order valence-corrected chi connectivity index (χ2v) is 5.22. The van der Waals surface area contributed by atoms with Crippen LogP contribution in [0, 0.1) is 0 Å². The molecular formula is C13H8Cl4O. The van der Waals surface area contributed by atoms with E-state index in [2.05, 4.69) is 0 Å². The van der Waals surface area contributed by atoms with Gasteiger partial charge in [0.25, 0.3) is 0 Å². The fourth-order valence-electron chi connectivity index (χ4n) is 1.41. The number of hydrogen-bond donors (Lipinski definition) is 0. The zero-order valence-corrected chi connectivity index (χ0v) is 12.1. The van der Waals surface area contributed by atoms with Crippen LogP contribution in [0.25, 0.3) is 0 Å². The number of hydrogen-bond acceptors (Lipinski definition) is 1. The van der Waals surface area contributed by atoms with Crippen LogP contribution in [0.15, 0.2) is 36.4 Å². The Balaban J connectivity index is 2.19. The van der Waals surface area contributed by atoms with Gasteiger partial charge in [-0.15, -0.1) is 0 Å². The molecule has 1 nitrogen and oxygen atoms in total. The van der Waals surface area contributed by atoms with Crippen molar-refractivity contribution in [3.63, 3.8) is 0 Å². The maximum absolute atomic E-state index is 6.04. The lowest BCUT2D eigenvalue weighted by atomic mass is 10.2. The first-order chi connectivity index (χ1) is 8.58. The van der Waals surface area contributed by atoms with Gasteiger partial charge in [0.2, 0.25) is 0 Å². The summed E-state index contributed by atoms with van der Waals surface area (Å²) in [5.41, 5.74) is 0.719. The van der Waals surface area contributed by atoms with Crippen molar-refractivity contribution in [2.24, 2.45) is 0 Å². The summed E-state index contributed by atoms with van der Waals surface area (Å²) in [5.74, 6) is 0.500. The number of halogens is 4. The van der Waals surface area contributed by atoms with Gasteiger partial charge in [-0.2, -0.15) is 0 Å². The fourth-order valence-corrected chi connectivity index (χ4v) is 2.25. The van der Waals surface area contributed by atoms with Crippen molar-refractivity contribution < 1.29 is 4.74 Å². The van der Waals surface area contributed by atoms with Crippen LogP contribution in [0.3, 0.4) is 0 Å². The van der Waals surface area contributed by atoms with E-state index in [9.17, 15) is 0 Å². The maximum atomic E-state index is 6.04. The van der Waals surface area contributed by atoms with Crippen molar-refractivity contribution in [3.05, 3.63) is 62.1 Å². The maximum Gasteiger partial charge on any atom is 0.139 e. The van der Waals surface area contributed by atoms with E-state index in [0.29, 0.717) is 25.8 Å². The summed E-state index contributed by atoms with van der Waals surface area (Å²) >= 11 is 23.9. The standard InChI is InChI=1S/C13H8Cl4O/c14-8-4-5-12(17)13(6-8)18-7-9-10(15)2-1-3-11(9)16/h1-6H,7H2.